The molecule has 0 spiro atoms. The number of ether oxygens (including phenoxy) is 1. The summed E-state index contributed by atoms with van der Waals surface area (Å²) in [7, 11) is 0. The molecule has 1 N–H and O–H groups in total. The Morgan fingerprint density at radius 1 is 1.38 bits per heavy atom. The molecule has 116 valence electrons. The van der Waals surface area contributed by atoms with Crippen LogP contribution in [0, 0.1) is 5.92 Å². The monoisotopic (exact) mass is 289 g/mol. The zero-order valence-corrected chi connectivity index (χ0v) is 13.4. The fourth-order valence-electron chi connectivity index (χ4n) is 3.27. The summed E-state index contributed by atoms with van der Waals surface area (Å²) in [5.41, 5.74) is 1.17. The van der Waals surface area contributed by atoms with Crippen molar-refractivity contribution in [3.05, 3.63) is 29.8 Å². The molecular formula is C18H27NO2. The lowest BCUT2D eigenvalue weighted by Gasteiger charge is -2.31. The molecule has 1 unspecified atom stereocenters. The van der Waals surface area contributed by atoms with Crippen LogP contribution in [0.5, 0.6) is 5.75 Å². The topological polar surface area (TPSA) is 38.3 Å². The van der Waals surface area contributed by atoms with Gasteiger partial charge in [-0.3, -0.25) is 4.79 Å². The average molecular weight is 289 g/mol. The van der Waals surface area contributed by atoms with E-state index in [2.05, 4.69) is 38.2 Å². The number of hydrogen-bond donors (Lipinski definition) is 1. The van der Waals surface area contributed by atoms with E-state index in [9.17, 15) is 4.79 Å². The summed E-state index contributed by atoms with van der Waals surface area (Å²) in [5, 5.41) is 3.23. The molecule has 1 saturated heterocycles. The Kier molecular flexibility index (Phi) is 5.27. The zero-order chi connectivity index (χ0) is 15.3. The van der Waals surface area contributed by atoms with Gasteiger partial charge in [0.05, 0.1) is 6.61 Å². The molecule has 0 aromatic heterocycles. The standard InChI is InChI=1S/C18H27NO2/c1-4-10-21-16-7-5-6-15(11-16)13-18(12-14(2)3)9-8-17(20)19-18/h5-7,11,14H,4,8-10,12-13H2,1-3H3,(H,19,20). The third-order valence-electron chi connectivity index (χ3n) is 3.95. The van der Waals surface area contributed by atoms with Gasteiger partial charge in [-0.2, -0.15) is 0 Å². The van der Waals surface area contributed by atoms with Crippen molar-refractivity contribution in [1.82, 2.24) is 5.32 Å². The summed E-state index contributed by atoms with van der Waals surface area (Å²) in [4.78, 5) is 11.7. The quantitative estimate of drug-likeness (QED) is 0.831. The molecule has 1 aliphatic heterocycles. The third-order valence-corrected chi connectivity index (χ3v) is 3.95. The van der Waals surface area contributed by atoms with Gasteiger partial charge >= 0.3 is 0 Å². The van der Waals surface area contributed by atoms with Gasteiger partial charge < -0.3 is 10.1 Å². The molecule has 21 heavy (non-hydrogen) atoms. The smallest absolute Gasteiger partial charge is 0.220 e. The molecule has 1 atom stereocenters. The average Bonchev–Trinajstić information content (AvgIpc) is 2.77. The summed E-state index contributed by atoms with van der Waals surface area (Å²) in [6.07, 6.45) is 4.51. The fourth-order valence-corrected chi connectivity index (χ4v) is 3.27. The Morgan fingerprint density at radius 2 is 2.19 bits per heavy atom. The molecule has 0 bridgehead atoms. The van der Waals surface area contributed by atoms with Crippen molar-refractivity contribution in [2.45, 2.75) is 58.4 Å². The highest BCUT2D eigenvalue weighted by atomic mass is 16.5. The van der Waals surface area contributed by atoms with Crippen LogP contribution in [0.1, 0.15) is 52.0 Å². The molecule has 1 fully saturated rings. The number of carbonyl (C=O) groups excluding carboxylic acids is 1. The fraction of sp³-hybridized carbons (Fsp3) is 0.611. The van der Waals surface area contributed by atoms with Crippen molar-refractivity contribution in [2.75, 3.05) is 6.61 Å². The molecule has 1 heterocycles. The van der Waals surface area contributed by atoms with Crippen molar-refractivity contribution >= 4 is 5.91 Å². The molecular weight excluding hydrogens is 262 g/mol. The molecule has 3 heteroatoms. The van der Waals surface area contributed by atoms with Crippen LogP contribution in [0.3, 0.4) is 0 Å². The molecule has 0 aliphatic carbocycles. The van der Waals surface area contributed by atoms with E-state index in [4.69, 9.17) is 4.74 Å². The van der Waals surface area contributed by atoms with Crippen LogP contribution in [0.15, 0.2) is 24.3 Å². The Bertz CT molecular complexity index is 484. The van der Waals surface area contributed by atoms with Gasteiger partial charge in [0.1, 0.15) is 5.75 Å². The molecule has 1 aliphatic rings. The number of hydrogen-bond acceptors (Lipinski definition) is 2. The van der Waals surface area contributed by atoms with Gasteiger partial charge in [0.2, 0.25) is 5.91 Å². The number of nitrogens with one attached hydrogen (secondary N) is 1. The van der Waals surface area contributed by atoms with Gasteiger partial charge in [-0.1, -0.05) is 32.9 Å². The first-order valence-corrected chi connectivity index (χ1v) is 8.06. The first-order chi connectivity index (χ1) is 10.0. The summed E-state index contributed by atoms with van der Waals surface area (Å²) >= 11 is 0. The highest BCUT2D eigenvalue weighted by Crippen LogP contribution is 2.32. The van der Waals surface area contributed by atoms with Gasteiger partial charge in [0.25, 0.3) is 0 Å². The van der Waals surface area contributed by atoms with Crippen LogP contribution in [-0.2, 0) is 11.2 Å². The van der Waals surface area contributed by atoms with E-state index >= 15 is 0 Å². The van der Waals surface area contributed by atoms with Crippen molar-refractivity contribution in [2.24, 2.45) is 5.92 Å². The van der Waals surface area contributed by atoms with Crippen LogP contribution >= 0.6 is 0 Å². The predicted octanol–water partition coefficient (Wildman–Crippen LogP) is 3.71. The summed E-state index contributed by atoms with van der Waals surface area (Å²) in [6, 6.07) is 8.29. The maximum Gasteiger partial charge on any atom is 0.220 e. The highest BCUT2D eigenvalue weighted by Gasteiger charge is 2.38. The second kappa shape index (κ2) is 6.97. The minimum absolute atomic E-state index is 0.0748. The molecule has 2 rings (SSSR count). The predicted molar refractivity (Wildman–Crippen MR) is 85.5 cm³/mol. The van der Waals surface area contributed by atoms with Gasteiger partial charge in [-0.15, -0.1) is 0 Å². The van der Waals surface area contributed by atoms with Crippen molar-refractivity contribution in [1.29, 1.82) is 0 Å². The number of amides is 1. The van der Waals surface area contributed by atoms with Crippen molar-refractivity contribution in [3.8, 4) is 5.75 Å². The second-order valence-corrected chi connectivity index (χ2v) is 6.60. The molecule has 0 radical (unpaired) electrons. The molecule has 1 amide bonds. The molecule has 1 aromatic rings. The van der Waals surface area contributed by atoms with E-state index in [1.54, 1.807) is 0 Å². The second-order valence-electron chi connectivity index (χ2n) is 6.60. The lowest BCUT2D eigenvalue weighted by molar-refractivity contribution is -0.119. The van der Waals surface area contributed by atoms with E-state index in [1.807, 2.05) is 12.1 Å². The summed E-state index contributed by atoms with van der Waals surface area (Å²) in [5.74, 6) is 1.69. The van der Waals surface area contributed by atoms with Crippen LogP contribution in [0.2, 0.25) is 0 Å². The van der Waals surface area contributed by atoms with Crippen LogP contribution < -0.4 is 10.1 Å². The van der Waals surface area contributed by atoms with Gasteiger partial charge in [-0.25, -0.2) is 0 Å². The van der Waals surface area contributed by atoms with Crippen LogP contribution in [0.4, 0.5) is 0 Å². The van der Waals surface area contributed by atoms with Crippen LogP contribution in [-0.4, -0.2) is 18.1 Å². The normalized spacial score (nSPS) is 21.6. The Labute approximate surface area is 128 Å². The first kappa shape index (κ1) is 15.9. The van der Waals surface area contributed by atoms with E-state index in [1.165, 1.54) is 5.56 Å². The Hall–Kier alpha value is -1.51. The minimum atomic E-state index is -0.0748. The SMILES string of the molecule is CCCOc1cccc(CC2(CC(C)C)CCC(=O)N2)c1. The molecule has 0 saturated carbocycles. The summed E-state index contributed by atoms with van der Waals surface area (Å²) in [6.45, 7) is 7.28. The minimum Gasteiger partial charge on any atom is -0.494 e. The molecule has 3 nitrogen and oxygen atoms in total. The van der Waals surface area contributed by atoms with E-state index < -0.39 is 0 Å². The van der Waals surface area contributed by atoms with Gasteiger partial charge in [0.15, 0.2) is 0 Å². The van der Waals surface area contributed by atoms with Crippen molar-refractivity contribution in [3.63, 3.8) is 0 Å². The van der Waals surface area contributed by atoms with Gasteiger partial charge in [-0.05, 0) is 49.3 Å². The largest absolute Gasteiger partial charge is 0.494 e. The van der Waals surface area contributed by atoms with E-state index in [0.717, 1.165) is 38.0 Å². The van der Waals surface area contributed by atoms with E-state index in [0.29, 0.717) is 12.3 Å². The third kappa shape index (κ3) is 4.48. The lowest BCUT2D eigenvalue weighted by atomic mass is 9.82. The Balaban J connectivity index is 2.11. The van der Waals surface area contributed by atoms with Crippen LogP contribution in [0.25, 0.3) is 0 Å². The first-order valence-electron chi connectivity index (χ1n) is 8.06. The number of benzene rings is 1. The maximum absolute atomic E-state index is 11.7. The van der Waals surface area contributed by atoms with Gasteiger partial charge in [0, 0.05) is 12.0 Å². The lowest BCUT2D eigenvalue weighted by Crippen LogP contribution is -2.44. The molecule has 1 aromatic carbocycles. The zero-order valence-electron chi connectivity index (χ0n) is 13.4. The highest BCUT2D eigenvalue weighted by molar-refractivity contribution is 5.79. The maximum atomic E-state index is 11.7. The number of rotatable bonds is 7. The summed E-state index contributed by atoms with van der Waals surface area (Å²) < 4.78 is 5.71. The number of carbonyl (C=O) groups is 1. The van der Waals surface area contributed by atoms with Crippen molar-refractivity contribution < 1.29 is 9.53 Å². The Morgan fingerprint density at radius 3 is 2.81 bits per heavy atom. The van der Waals surface area contributed by atoms with E-state index in [-0.39, 0.29) is 11.4 Å².